The third-order valence-electron chi connectivity index (χ3n) is 2.69. The van der Waals surface area contributed by atoms with Crippen molar-refractivity contribution in [1.29, 1.82) is 0 Å². The number of carboxylic acid groups (broad SMARTS) is 1. The van der Waals surface area contributed by atoms with Crippen LogP contribution in [0.3, 0.4) is 0 Å². The van der Waals surface area contributed by atoms with Crippen LogP contribution in [0.5, 0.6) is 0 Å². The SMILES string of the molecule is Nc1ccn(C2OC(COP(=O)(O)O)C(O)OC2O)c(=O)n1.O=CO. The van der Waals surface area contributed by atoms with Crippen molar-refractivity contribution in [2.75, 3.05) is 12.3 Å². The molecule has 142 valence electrons. The summed E-state index contributed by atoms with van der Waals surface area (Å²) in [6, 6.07) is 1.27. The highest BCUT2D eigenvalue weighted by molar-refractivity contribution is 7.46. The summed E-state index contributed by atoms with van der Waals surface area (Å²) in [6.07, 6.45) is -5.01. The van der Waals surface area contributed by atoms with E-state index in [0.29, 0.717) is 0 Å². The third-order valence-corrected chi connectivity index (χ3v) is 3.17. The zero-order chi connectivity index (χ0) is 19.2. The number of aliphatic hydroxyl groups is 2. The van der Waals surface area contributed by atoms with Gasteiger partial charge in [-0.1, -0.05) is 0 Å². The molecule has 1 aromatic rings. The Morgan fingerprint density at radius 2 is 1.96 bits per heavy atom. The number of aromatic nitrogens is 2. The fraction of sp³-hybridized carbons (Fsp3) is 0.500. The number of aliphatic hydroxyl groups excluding tert-OH is 2. The number of anilines is 1. The van der Waals surface area contributed by atoms with Crippen molar-refractivity contribution in [3.63, 3.8) is 0 Å². The predicted octanol–water partition coefficient (Wildman–Crippen LogP) is -2.81. The second-order valence-corrected chi connectivity index (χ2v) is 5.66. The minimum Gasteiger partial charge on any atom is -0.483 e. The van der Waals surface area contributed by atoms with Crippen LogP contribution in [0.4, 0.5) is 5.82 Å². The number of hydrogen-bond donors (Lipinski definition) is 6. The minimum absolute atomic E-state index is 0.0473. The summed E-state index contributed by atoms with van der Waals surface area (Å²) in [4.78, 5) is 40.7. The van der Waals surface area contributed by atoms with Crippen LogP contribution in [-0.4, -0.2) is 66.4 Å². The third kappa shape index (κ3) is 6.49. The molecule has 4 atom stereocenters. The molecule has 1 aromatic heterocycles. The zero-order valence-corrected chi connectivity index (χ0v) is 13.2. The molecule has 2 rings (SSSR count). The van der Waals surface area contributed by atoms with Crippen LogP contribution in [0, 0.1) is 0 Å². The Hall–Kier alpha value is -1.90. The summed E-state index contributed by atoms with van der Waals surface area (Å²) in [5, 5.41) is 26.2. The lowest BCUT2D eigenvalue weighted by atomic mass is 10.3. The molecule has 0 aromatic carbocycles. The molecule has 0 saturated carbocycles. The Kier molecular flexibility index (Phi) is 7.60. The quantitative estimate of drug-likeness (QED) is 0.227. The van der Waals surface area contributed by atoms with Crippen LogP contribution >= 0.6 is 7.82 Å². The van der Waals surface area contributed by atoms with Crippen molar-refractivity contribution < 1.29 is 48.5 Å². The molecule has 0 bridgehead atoms. The molecule has 0 amide bonds. The molecule has 2 heterocycles. The fourth-order valence-corrected chi connectivity index (χ4v) is 2.07. The number of phosphoric ester groups is 1. The van der Waals surface area contributed by atoms with E-state index in [9.17, 15) is 19.6 Å². The monoisotopic (exact) mass is 385 g/mol. The van der Waals surface area contributed by atoms with Crippen LogP contribution in [0.15, 0.2) is 17.1 Å². The molecule has 15 heteroatoms. The summed E-state index contributed by atoms with van der Waals surface area (Å²) in [5.41, 5.74) is 4.48. The maximum Gasteiger partial charge on any atom is 0.469 e. The maximum atomic E-state index is 11.7. The second-order valence-electron chi connectivity index (χ2n) is 4.42. The molecular weight excluding hydrogens is 369 g/mol. The molecule has 1 saturated heterocycles. The van der Waals surface area contributed by atoms with Gasteiger partial charge in [-0.25, -0.2) is 9.36 Å². The number of nitrogens with zero attached hydrogens (tertiary/aromatic N) is 2. The van der Waals surface area contributed by atoms with E-state index in [4.69, 9.17) is 34.9 Å². The van der Waals surface area contributed by atoms with Gasteiger partial charge in [0.05, 0.1) is 6.61 Å². The Bertz CT molecular complexity index is 676. The number of hydrogen-bond acceptors (Lipinski definition) is 10. The zero-order valence-electron chi connectivity index (χ0n) is 12.4. The van der Waals surface area contributed by atoms with Gasteiger partial charge in [0, 0.05) is 6.20 Å². The van der Waals surface area contributed by atoms with Crippen molar-refractivity contribution >= 4 is 20.1 Å². The lowest BCUT2D eigenvalue weighted by molar-refractivity contribution is -0.355. The maximum absolute atomic E-state index is 11.7. The largest absolute Gasteiger partial charge is 0.483 e. The van der Waals surface area contributed by atoms with Crippen LogP contribution in [0.2, 0.25) is 0 Å². The van der Waals surface area contributed by atoms with Crippen molar-refractivity contribution in [2.24, 2.45) is 0 Å². The number of nitrogen functional groups attached to an aromatic ring is 1. The first kappa shape index (κ1) is 21.1. The van der Waals surface area contributed by atoms with Crippen LogP contribution in [-0.2, 0) is 23.4 Å². The van der Waals surface area contributed by atoms with E-state index >= 15 is 0 Å². The van der Waals surface area contributed by atoms with E-state index in [1.807, 2.05) is 0 Å². The highest BCUT2D eigenvalue weighted by atomic mass is 31.2. The summed E-state index contributed by atoms with van der Waals surface area (Å²) in [6.45, 7) is -0.980. The Balaban J connectivity index is 0.000000970. The smallest absolute Gasteiger partial charge is 0.469 e. The standard InChI is InChI=1S/C9H14N3O9P.CH2O2/c10-5-1-2-12(9(15)11-5)6-8(14)21-7(13)4(20-6)3-19-22(16,17)18;2-1-3/h1-2,4,6-8,13-14H,3H2,(H2,10,11,15)(H2,16,17,18);1H,(H,2,3). The van der Waals surface area contributed by atoms with Crippen molar-refractivity contribution in [3.8, 4) is 0 Å². The van der Waals surface area contributed by atoms with E-state index in [0.717, 1.165) is 4.57 Å². The molecule has 0 radical (unpaired) electrons. The van der Waals surface area contributed by atoms with Gasteiger partial charge in [0.1, 0.15) is 11.9 Å². The van der Waals surface area contributed by atoms with Crippen molar-refractivity contribution in [2.45, 2.75) is 24.9 Å². The van der Waals surface area contributed by atoms with Gasteiger partial charge in [0.25, 0.3) is 6.47 Å². The summed E-state index contributed by atoms with van der Waals surface area (Å²) in [7, 11) is -4.79. The second kappa shape index (κ2) is 8.98. The summed E-state index contributed by atoms with van der Waals surface area (Å²) >= 11 is 0. The number of phosphoric acid groups is 1. The first-order chi connectivity index (χ1) is 11.6. The molecule has 0 spiro atoms. The highest BCUT2D eigenvalue weighted by Gasteiger charge is 2.39. The topological polar surface area (TPSA) is 224 Å². The molecule has 0 aliphatic carbocycles. The average Bonchev–Trinajstić information content (AvgIpc) is 2.47. The van der Waals surface area contributed by atoms with Gasteiger partial charge in [0.15, 0.2) is 12.5 Å². The number of rotatable bonds is 4. The van der Waals surface area contributed by atoms with Gasteiger partial charge < -0.3 is 40.3 Å². The average molecular weight is 385 g/mol. The number of nitrogens with two attached hydrogens (primary N) is 1. The van der Waals surface area contributed by atoms with Crippen LogP contribution < -0.4 is 11.4 Å². The van der Waals surface area contributed by atoms with Crippen molar-refractivity contribution in [1.82, 2.24) is 9.55 Å². The van der Waals surface area contributed by atoms with E-state index in [1.54, 1.807) is 0 Å². The summed E-state index contributed by atoms with van der Waals surface area (Å²) in [5.74, 6) is -0.0473. The fourth-order valence-electron chi connectivity index (χ4n) is 1.73. The highest BCUT2D eigenvalue weighted by Crippen LogP contribution is 2.37. The molecule has 14 nitrogen and oxygen atoms in total. The molecule has 25 heavy (non-hydrogen) atoms. The predicted molar refractivity (Wildman–Crippen MR) is 76.6 cm³/mol. The molecule has 4 unspecified atom stereocenters. The van der Waals surface area contributed by atoms with Gasteiger partial charge in [-0.3, -0.25) is 13.9 Å². The van der Waals surface area contributed by atoms with Crippen LogP contribution in [0.1, 0.15) is 6.23 Å². The molecule has 1 aliphatic rings. The van der Waals surface area contributed by atoms with Gasteiger partial charge in [-0.2, -0.15) is 4.98 Å². The van der Waals surface area contributed by atoms with E-state index in [2.05, 4.69) is 9.51 Å². The van der Waals surface area contributed by atoms with E-state index in [-0.39, 0.29) is 12.3 Å². The number of ether oxygens (including phenoxy) is 2. The Labute approximate surface area is 139 Å². The number of carbonyl (C=O) groups is 1. The van der Waals surface area contributed by atoms with Crippen LogP contribution in [0.25, 0.3) is 0 Å². The molecule has 1 fully saturated rings. The first-order valence-electron chi connectivity index (χ1n) is 6.38. The van der Waals surface area contributed by atoms with Gasteiger partial charge >= 0.3 is 13.5 Å². The van der Waals surface area contributed by atoms with Gasteiger partial charge in [-0.05, 0) is 6.07 Å². The normalized spacial score (nSPS) is 26.4. The van der Waals surface area contributed by atoms with E-state index in [1.165, 1.54) is 12.3 Å². The van der Waals surface area contributed by atoms with Gasteiger partial charge in [-0.15, -0.1) is 0 Å². The Morgan fingerprint density at radius 3 is 2.48 bits per heavy atom. The van der Waals surface area contributed by atoms with Gasteiger partial charge in [0.2, 0.25) is 6.29 Å². The van der Waals surface area contributed by atoms with Crippen molar-refractivity contribution in [3.05, 3.63) is 22.7 Å². The lowest BCUT2D eigenvalue weighted by Gasteiger charge is -2.37. The minimum atomic E-state index is -4.79. The Morgan fingerprint density at radius 1 is 1.36 bits per heavy atom. The lowest BCUT2D eigenvalue weighted by Crippen LogP contribution is -2.50. The molecule has 7 N–H and O–H groups in total. The first-order valence-corrected chi connectivity index (χ1v) is 7.91. The van der Waals surface area contributed by atoms with E-state index < -0.39 is 45.0 Å². The molecule has 1 aliphatic heterocycles. The summed E-state index contributed by atoms with van der Waals surface area (Å²) < 4.78 is 25.7. The molecular formula is C10H16N3O11P.